The summed E-state index contributed by atoms with van der Waals surface area (Å²) >= 11 is 6.21. The molecule has 0 aromatic heterocycles. The number of para-hydroxylation sites is 1. The SMILES string of the molecule is Cc1ccc(F)c(C(=O)N2C[C@@H]3c4ccccc4OC[C@]3(CO)C2)c1Cl. The Hall–Kier alpha value is -2.11. The van der Waals surface area contributed by atoms with E-state index in [-0.39, 0.29) is 23.1 Å². The fourth-order valence-corrected chi connectivity index (χ4v) is 4.27. The monoisotopic (exact) mass is 375 g/mol. The smallest absolute Gasteiger partial charge is 0.258 e. The largest absolute Gasteiger partial charge is 0.493 e. The zero-order chi connectivity index (χ0) is 18.5. The minimum absolute atomic E-state index is 0.0620. The molecule has 0 saturated carbocycles. The summed E-state index contributed by atoms with van der Waals surface area (Å²) in [5.74, 6) is -0.366. The number of halogens is 2. The van der Waals surface area contributed by atoms with Gasteiger partial charge in [-0.15, -0.1) is 0 Å². The summed E-state index contributed by atoms with van der Waals surface area (Å²) in [6, 6.07) is 10.5. The number of hydrogen-bond acceptors (Lipinski definition) is 3. The van der Waals surface area contributed by atoms with E-state index < -0.39 is 17.1 Å². The third-order valence-electron chi connectivity index (χ3n) is 5.56. The van der Waals surface area contributed by atoms with Crippen LogP contribution < -0.4 is 4.74 Å². The molecule has 6 heteroatoms. The van der Waals surface area contributed by atoms with Gasteiger partial charge in [0.1, 0.15) is 11.6 Å². The lowest BCUT2D eigenvalue weighted by Gasteiger charge is -2.37. The Bertz CT molecular complexity index is 887. The number of benzene rings is 2. The van der Waals surface area contributed by atoms with E-state index in [1.54, 1.807) is 17.9 Å². The predicted octanol–water partition coefficient (Wildman–Crippen LogP) is 3.40. The molecule has 4 rings (SSSR count). The first-order valence-corrected chi connectivity index (χ1v) is 8.91. The lowest BCUT2D eigenvalue weighted by Crippen LogP contribution is -2.42. The summed E-state index contributed by atoms with van der Waals surface area (Å²) in [6.45, 7) is 2.63. The fourth-order valence-electron chi connectivity index (χ4n) is 4.04. The predicted molar refractivity (Wildman–Crippen MR) is 96.2 cm³/mol. The third kappa shape index (κ3) is 2.49. The van der Waals surface area contributed by atoms with E-state index in [1.165, 1.54) is 6.07 Å². The van der Waals surface area contributed by atoms with Crippen molar-refractivity contribution >= 4 is 17.5 Å². The van der Waals surface area contributed by atoms with Gasteiger partial charge in [0.15, 0.2) is 0 Å². The fraction of sp³-hybridized carbons (Fsp3) is 0.350. The topological polar surface area (TPSA) is 49.8 Å². The summed E-state index contributed by atoms with van der Waals surface area (Å²) in [7, 11) is 0. The zero-order valence-electron chi connectivity index (χ0n) is 14.3. The number of rotatable bonds is 2. The van der Waals surface area contributed by atoms with Crippen LogP contribution in [0.3, 0.4) is 0 Å². The second-order valence-electron chi connectivity index (χ2n) is 7.14. The van der Waals surface area contributed by atoms with E-state index in [2.05, 4.69) is 0 Å². The summed E-state index contributed by atoms with van der Waals surface area (Å²) in [5, 5.41) is 10.2. The van der Waals surface area contributed by atoms with Crippen molar-refractivity contribution in [3.63, 3.8) is 0 Å². The maximum atomic E-state index is 14.3. The van der Waals surface area contributed by atoms with Gasteiger partial charge in [-0.25, -0.2) is 4.39 Å². The van der Waals surface area contributed by atoms with Crippen LogP contribution >= 0.6 is 11.6 Å². The van der Waals surface area contributed by atoms with Gasteiger partial charge in [0.05, 0.1) is 29.2 Å². The van der Waals surface area contributed by atoms with E-state index in [4.69, 9.17) is 16.3 Å². The standard InChI is InChI=1S/C20H19ClFNO3/c1-12-6-7-15(22)17(18(12)21)19(25)23-8-14-13-4-2-3-5-16(13)26-11-20(14,9-23)10-24/h2-7,14,24H,8-11H2,1H3/t14-,20-/m1/s1. The average molecular weight is 376 g/mol. The summed E-state index contributed by atoms with van der Waals surface area (Å²) in [6.07, 6.45) is 0. The molecule has 0 spiro atoms. The van der Waals surface area contributed by atoms with Gasteiger partial charge in [0.25, 0.3) is 5.91 Å². The molecule has 136 valence electrons. The van der Waals surface area contributed by atoms with Crippen molar-refractivity contribution in [3.8, 4) is 5.75 Å². The first-order valence-electron chi connectivity index (χ1n) is 8.53. The van der Waals surface area contributed by atoms with E-state index in [0.717, 1.165) is 11.3 Å². The van der Waals surface area contributed by atoms with Crippen molar-refractivity contribution in [2.75, 3.05) is 26.3 Å². The van der Waals surface area contributed by atoms with Gasteiger partial charge in [-0.1, -0.05) is 35.9 Å². The molecule has 2 atom stereocenters. The van der Waals surface area contributed by atoms with Gasteiger partial charge in [-0.05, 0) is 30.2 Å². The van der Waals surface area contributed by atoms with Crippen LogP contribution in [0.2, 0.25) is 5.02 Å². The molecule has 0 unspecified atom stereocenters. The van der Waals surface area contributed by atoms with E-state index in [1.807, 2.05) is 24.3 Å². The van der Waals surface area contributed by atoms with Gasteiger partial charge < -0.3 is 14.7 Å². The number of aryl methyl sites for hydroxylation is 1. The number of carbonyl (C=O) groups excluding carboxylic acids is 1. The van der Waals surface area contributed by atoms with Gasteiger partial charge in [-0.2, -0.15) is 0 Å². The molecule has 2 aromatic carbocycles. The molecule has 26 heavy (non-hydrogen) atoms. The highest BCUT2D eigenvalue weighted by atomic mass is 35.5. The van der Waals surface area contributed by atoms with E-state index >= 15 is 0 Å². The van der Waals surface area contributed by atoms with Gasteiger partial charge in [0.2, 0.25) is 0 Å². The Morgan fingerprint density at radius 1 is 1.38 bits per heavy atom. The Morgan fingerprint density at radius 3 is 2.92 bits per heavy atom. The molecule has 0 radical (unpaired) electrons. The molecule has 0 aliphatic carbocycles. The van der Waals surface area contributed by atoms with Gasteiger partial charge in [-0.3, -0.25) is 4.79 Å². The van der Waals surface area contributed by atoms with Crippen LogP contribution in [0.5, 0.6) is 5.75 Å². The second-order valence-corrected chi connectivity index (χ2v) is 7.52. The maximum Gasteiger partial charge on any atom is 0.258 e. The molecule has 2 aliphatic rings. The molecule has 1 N–H and O–H groups in total. The highest BCUT2D eigenvalue weighted by Crippen LogP contribution is 2.49. The molecule has 4 nitrogen and oxygen atoms in total. The number of likely N-dealkylation sites (tertiary alicyclic amines) is 1. The van der Waals surface area contributed by atoms with Crippen molar-refractivity contribution in [1.82, 2.24) is 4.90 Å². The molecule has 2 heterocycles. The lowest BCUT2D eigenvalue weighted by molar-refractivity contribution is 0.0439. The first kappa shape index (κ1) is 17.3. The quantitative estimate of drug-likeness (QED) is 0.875. The molecular formula is C20H19ClFNO3. The van der Waals surface area contributed by atoms with Crippen molar-refractivity contribution in [1.29, 1.82) is 0 Å². The average Bonchev–Trinajstić information content (AvgIpc) is 3.06. The number of ether oxygens (including phenoxy) is 1. The lowest BCUT2D eigenvalue weighted by atomic mass is 9.74. The van der Waals surface area contributed by atoms with Crippen LogP contribution in [0.25, 0.3) is 0 Å². The number of amides is 1. The Balaban J connectivity index is 1.72. The number of aliphatic hydroxyl groups excluding tert-OH is 1. The van der Waals surface area contributed by atoms with Crippen molar-refractivity contribution in [2.45, 2.75) is 12.8 Å². The zero-order valence-corrected chi connectivity index (χ0v) is 15.1. The molecule has 1 saturated heterocycles. The van der Waals surface area contributed by atoms with Crippen LogP contribution in [0.15, 0.2) is 36.4 Å². The first-order chi connectivity index (χ1) is 12.5. The Morgan fingerprint density at radius 2 is 2.15 bits per heavy atom. The summed E-state index contributed by atoms with van der Waals surface area (Å²) in [5.41, 5.74) is 0.932. The normalized spacial score (nSPS) is 24.0. The molecule has 0 bridgehead atoms. The molecule has 2 aliphatic heterocycles. The van der Waals surface area contributed by atoms with Gasteiger partial charge in [0, 0.05) is 19.0 Å². The van der Waals surface area contributed by atoms with Crippen LogP contribution in [-0.4, -0.2) is 42.2 Å². The number of aliphatic hydroxyl groups is 1. The van der Waals surface area contributed by atoms with E-state index in [0.29, 0.717) is 25.3 Å². The van der Waals surface area contributed by atoms with Gasteiger partial charge >= 0.3 is 0 Å². The molecule has 1 amide bonds. The highest BCUT2D eigenvalue weighted by Gasteiger charge is 2.52. The maximum absolute atomic E-state index is 14.3. The Kier molecular flexibility index (Phi) is 4.16. The minimum Gasteiger partial charge on any atom is -0.493 e. The summed E-state index contributed by atoms with van der Waals surface area (Å²) in [4.78, 5) is 14.6. The van der Waals surface area contributed by atoms with Crippen molar-refractivity contribution in [3.05, 3.63) is 63.9 Å². The Labute approximate surface area is 156 Å². The van der Waals surface area contributed by atoms with Crippen LogP contribution in [0, 0.1) is 18.2 Å². The van der Waals surface area contributed by atoms with Crippen LogP contribution in [-0.2, 0) is 0 Å². The number of nitrogens with zero attached hydrogens (tertiary/aromatic N) is 1. The number of carbonyl (C=O) groups is 1. The second kappa shape index (κ2) is 6.25. The van der Waals surface area contributed by atoms with Crippen LogP contribution in [0.4, 0.5) is 4.39 Å². The van der Waals surface area contributed by atoms with Crippen LogP contribution in [0.1, 0.15) is 27.4 Å². The highest BCUT2D eigenvalue weighted by molar-refractivity contribution is 6.34. The van der Waals surface area contributed by atoms with Crippen molar-refractivity contribution in [2.24, 2.45) is 5.41 Å². The van der Waals surface area contributed by atoms with Crippen molar-refractivity contribution < 1.29 is 19.0 Å². The molecule has 2 aromatic rings. The summed E-state index contributed by atoms with van der Waals surface area (Å²) < 4.78 is 20.1. The number of fused-ring (bicyclic) bond motifs is 3. The minimum atomic E-state index is -0.629. The number of hydrogen-bond donors (Lipinski definition) is 1. The van der Waals surface area contributed by atoms with E-state index in [9.17, 15) is 14.3 Å². The third-order valence-corrected chi connectivity index (χ3v) is 6.04. The molecule has 1 fully saturated rings. The molecular weight excluding hydrogens is 357 g/mol.